The van der Waals surface area contributed by atoms with Gasteiger partial charge in [-0.25, -0.2) is 0 Å². The first kappa shape index (κ1) is 14.9. The van der Waals surface area contributed by atoms with E-state index in [1.54, 1.807) is 0 Å². The van der Waals surface area contributed by atoms with Gasteiger partial charge < -0.3 is 15.4 Å². The standard InChI is InChI=1S/C16H24N2O2/c1-3-11-18-15(19)10-9-13(17)16(18)12-7-5-6-8-14(12)20-4-2/h5-8,13,16H,3-4,9-11,17H2,1-2H3. The number of nitrogens with zero attached hydrogens (tertiary/aromatic N) is 1. The van der Waals surface area contributed by atoms with Crippen molar-refractivity contribution in [1.82, 2.24) is 4.90 Å². The van der Waals surface area contributed by atoms with E-state index in [1.165, 1.54) is 0 Å². The van der Waals surface area contributed by atoms with E-state index < -0.39 is 0 Å². The second-order valence-electron chi connectivity index (χ2n) is 5.21. The Morgan fingerprint density at radius 3 is 2.80 bits per heavy atom. The van der Waals surface area contributed by atoms with E-state index in [-0.39, 0.29) is 18.0 Å². The number of hydrogen-bond acceptors (Lipinski definition) is 3. The van der Waals surface area contributed by atoms with Crippen LogP contribution in [-0.4, -0.2) is 30.0 Å². The van der Waals surface area contributed by atoms with Crippen LogP contribution in [0.25, 0.3) is 0 Å². The number of benzene rings is 1. The molecule has 4 nitrogen and oxygen atoms in total. The monoisotopic (exact) mass is 276 g/mol. The van der Waals surface area contributed by atoms with Crippen LogP contribution in [0.3, 0.4) is 0 Å². The molecular weight excluding hydrogens is 252 g/mol. The van der Waals surface area contributed by atoms with Crippen LogP contribution in [0.15, 0.2) is 24.3 Å². The van der Waals surface area contributed by atoms with Gasteiger partial charge in [-0.05, 0) is 25.8 Å². The Bertz CT molecular complexity index is 462. The molecule has 110 valence electrons. The lowest BCUT2D eigenvalue weighted by Gasteiger charge is -2.40. The molecule has 2 N–H and O–H groups in total. The van der Waals surface area contributed by atoms with Gasteiger partial charge in [0, 0.05) is 24.6 Å². The fourth-order valence-electron chi connectivity index (χ4n) is 2.89. The number of piperidine rings is 1. The van der Waals surface area contributed by atoms with Crippen molar-refractivity contribution in [2.45, 2.75) is 45.2 Å². The largest absolute Gasteiger partial charge is 0.494 e. The highest BCUT2D eigenvalue weighted by Crippen LogP contribution is 2.36. The molecule has 1 fully saturated rings. The maximum Gasteiger partial charge on any atom is 0.223 e. The predicted molar refractivity (Wildman–Crippen MR) is 79.6 cm³/mol. The SMILES string of the molecule is CCCN1C(=O)CCC(N)C1c1ccccc1OCC. The maximum atomic E-state index is 12.2. The lowest BCUT2D eigenvalue weighted by molar-refractivity contribution is -0.137. The predicted octanol–water partition coefficient (Wildman–Crippen LogP) is 2.49. The van der Waals surface area contributed by atoms with Gasteiger partial charge in [0.25, 0.3) is 0 Å². The quantitative estimate of drug-likeness (QED) is 0.899. The number of amides is 1. The van der Waals surface area contributed by atoms with Crippen molar-refractivity contribution < 1.29 is 9.53 Å². The van der Waals surface area contributed by atoms with Crippen LogP contribution in [0.5, 0.6) is 5.75 Å². The molecule has 0 bridgehead atoms. The molecule has 1 aromatic rings. The summed E-state index contributed by atoms with van der Waals surface area (Å²) < 4.78 is 5.71. The zero-order chi connectivity index (χ0) is 14.5. The van der Waals surface area contributed by atoms with Crippen LogP contribution >= 0.6 is 0 Å². The van der Waals surface area contributed by atoms with Gasteiger partial charge in [-0.15, -0.1) is 0 Å². The van der Waals surface area contributed by atoms with Crippen molar-refractivity contribution in [2.24, 2.45) is 5.73 Å². The third kappa shape index (κ3) is 2.96. The summed E-state index contributed by atoms with van der Waals surface area (Å²) in [6, 6.07) is 7.81. The van der Waals surface area contributed by atoms with Gasteiger partial charge in [-0.1, -0.05) is 25.1 Å². The topological polar surface area (TPSA) is 55.6 Å². The first-order valence-electron chi connectivity index (χ1n) is 7.45. The Hall–Kier alpha value is -1.55. The molecule has 0 radical (unpaired) electrons. The minimum absolute atomic E-state index is 0.0270. The fraction of sp³-hybridized carbons (Fsp3) is 0.562. The molecule has 1 aliphatic rings. The number of ether oxygens (including phenoxy) is 1. The minimum atomic E-state index is -0.0704. The van der Waals surface area contributed by atoms with Crippen molar-refractivity contribution in [3.8, 4) is 5.75 Å². The average Bonchev–Trinajstić information content (AvgIpc) is 2.45. The molecule has 1 heterocycles. The summed E-state index contributed by atoms with van der Waals surface area (Å²) in [7, 11) is 0. The van der Waals surface area contributed by atoms with E-state index in [2.05, 4.69) is 6.92 Å². The fourth-order valence-corrected chi connectivity index (χ4v) is 2.89. The summed E-state index contributed by atoms with van der Waals surface area (Å²) >= 11 is 0. The van der Waals surface area contributed by atoms with Crippen LogP contribution in [0.1, 0.15) is 44.7 Å². The molecule has 0 spiro atoms. The third-order valence-corrected chi connectivity index (χ3v) is 3.76. The molecule has 1 aliphatic heterocycles. The highest BCUT2D eigenvalue weighted by Gasteiger charge is 2.35. The van der Waals surface area contributed by atoms with Crippen LogP contribution in [0, 0.1) is 0 Å². The molecule has 0 aliphatic carbocycles. The Morgan fingerprint density at radius 2 is 2.10 bits per heavy atom. The molecule has 1 amide bonds. The van der Waals surface area contributed by atoms with Crippen molar-refractivity contribution in [2.75, 3.05) is 13.2 Å². The van der Waals surface area contributed by atoms with Crippen LogP contribution in [0.4, 0.5) is 0 Å². The number of carbonyl (C=O) groups is 1. The Kier molecular flexibility index (Phi) is 5.01. The Morgan fingerprint density at radius 1 is 1.35 bits per heavy atom. The molecule has 2 atom stereocenters. The third-order valence-electron chi connectivity index (χ3n) is 3.76. The Balaban J connectivity index is 2.37. The second-order valence-corrected chi connectivity index (χ2v) is 5.21. The smallest absolute Gasteiger partial charge is 0.223 e. The van der Waals surface area contributed by atoms with Crippen molar-refractivity contribution in [3.05, 3.63) is 29.8 Å². The molecule has 2 rings (SSSR count). The molecule has 1 saturated heterocycles. The van der Waals surface area contributed by atoms with E-state index in [0.29, 0.717) is 13.0 Å². The average molecular weight is 276 g/mol. The minimum Gasteiger partial charge on any atom is -0.494 e. The first-order valence-corrected chi connectivity index (χ1v) is 7.45. The molecule has 4 heteroatoms. The summed E-state index contributed by atoms with van der Waals surface area (Å²) in [5, 5.41) is 0. The summed E-state index contributed by atoms with van der Waals surface area (Å²) in [6.45, 7) is 5.41. The Labute approximate surface area is 120 Å². The summed E-state index contributed by atoms with van der Waals surface area (Å²) in [4.78, 5) is 14.1. The van der Waals surface area contributed by atoms with Crippen LogP contribution < -0.4 is 10.5 Å². The summed E-state index contributed by atoms with van der Waals surface area (Å²) in [5.74, 6) is 1.04. The highest BCUT2D eigenvalue weighted by atomic mass is 16.5. The normalized spacial score (nSPS) is 22.9. The maximum absolute atomic E-state index is 12.2. The zero-order valence-electron chi connectivity index (χ0n) is 12.3. The van der Waals surface area contributed by atoms with Gasteiger partial charge in [-0.3, -0.25) is 4.79 Å². The van der Waals surface area contributed by atoms with E-state index in [0.717, 1.165) is 30.7 Å². The number of likely N-dealkylation sites (tertiary alicyclic amines) is 1. The number of nitrogens with two attached hydrogens (primary N) is 1. The first-order chi connectivity index (χ1) is 9.69. The zero-order valence-corrected chi connectivity index (χ0v) is 12.3. The van der Waals surface area contributed by atoms with Gasteiger partial charge in [0.15, 0.2) is 0 Å². The van der Waals surface area contributed by atoms with E-state index >= 15 is 0 Å². The van der Waals surface area contributed by atoms with Crippen LogP contribution in [0.2, 0.25) is 0 Å². The molecule has 1 aromatic carbocycles. The second kappa shape index (κ2) is 6.75. The van der Waals surface area contributed by atoms with Gasteiger partial charge >= 0.3 is 0 Å². The molecule has 2 unspecified atom stereocenters. The van der Waals surface area contributed by atoms with Gasteiger partial charge in [-0.2, -0.15) is 0 Å². The number of rotatable bonds is 5. The van der Waals surface area contributed by atoms with E-state index in [9.17, 15) is 4.79 Å². The van der Waals surface area contributed by atoms with Crippen molar-refractivity contribution >= 4 is 5.91 Å². The van der Waals surface area contributed by atoms with Crippen molar-refractivity contribution in [3.63, 3.8) is 0 Å². The molecular formula is C16H24N2O2. The van der Waals surface area contributed by atoms with E-state index in [4.69, 9.17) is 10.5 Å². The lowest BCUT2D eigenvalue weighted by Crippen LogP contribution is -2.49. The number of para-hydroxylation sites is 1. The summed E-state index contributed by atoms with van der Waals surface area (Å²) in [6.07, 6.45) is 2.23. The molecule has 0 saturated carbocycles. The van der Waals surface area contributed by atoms with Gasteiger partial charge in [0.2, 0.25) is 5.91 Å². The van der Waals surface area contributed by atoms with E-state index in [1.807, 2.05) is 36.1 Å². The van der Waals surface area contributed by atoms with Crippen molar-refractivity contribution in [1.29, 1.82) is 0 Å². The molecule has 0 aromatic heterocycles. The number of carbonyl (C=O) groups excluding carboxylic acids is 1. The van der Waals surface area contributed by atoms with Gasteiger partial charge in [0.1, 0.15) is 5.75 Å². The molecule has 20 heavy (non-hydrogen) atoms. The summed E-state index contributed by atoms with van der Waals surface area (Å²) in [5.41, 5.74) is 7.34. The van der Waals surface area contributed by atoms with Crippen LogP contribution in [-0.2, 0) is 4.79 Å². The lowest BCUT2D eigenvalue weighted by atomic mass is 9.90. The van der Waals surface area contributed by atoms with Gasteiger partial charge in [0.05, 0.1) is 12.6 Å². The number of hydrogen-bond donors (Lipinski definition) is 1. The highest BCUT2D eigenvalue weighted by molar-refractivity contribution is 5.78.